The van der Waals surface area contributed by atoms with E-state index in [-0.39, 0.29) is 17.9 Å². The van der Waals surface area contributed by atoms with Crippen molar-refractivity contribution in [2.24, 2.45) is 5.92 Å². The lowest BCUT2D eigenvalue weighted by molar-refractivity contribution is -0.148. The van der Waals surface area contributed by atoms with E-state index in [1.807, 2.05) is 0 Å². The van der Waals surface area contributed by atoms with Crippen molar-refractivity contribution in [3.05, 3.63) is 35.4 Å². The molecule has 1 amide bonds. The van der Waals surface area contributed by atoms with Gasteiger partial charge in [-0.15, -0.1) is 0 Å². The molecule has 0 aromatic heterocycles. The first-order valence-electron chi connectivity index (χ1n) is 5.83. The molecule has 1 aliphatic rings. The van der Waals surface area contributed by atoms with Crippen LogP contribution in [-0.4, -0.2) is 34.6 Å². The van der Waals surface area contributed by atoms with E-state index in [2.05, 4.69) is 5.32 Å². The Balaban J connectivity index is 2.16. The van der Waals surface area contributed by atoms with Gasteiger partial charge >= 0.3 is 11.9 Å². The Hall–Kier alpha value is -2.37. The highest BCUT2D eigenvalue weighted by Crippen LogP contribution is 2.27. The number of rotatable bonds is 3. The van der Waals surface area contributed by atoms with Crippen molar-refractivity contribution in [1.29, 1.82) is 0 Å². The van der Waals surface area contributed by atoms with Gasteiger partial charge in [-0.3, -0.25) is 9.59 Å². The second-order valence-electron chi connectivity index (χ2n) is 4.50. The monoisotopic (exact) mass is 263 g/mol. The van der Waals surface area contributed by atoms with Gasteiger partial charge < -0.3 is 15.5 Å². The Labute approximate surface area is 109 Å². The van der Waals surface area contributed by atoms with Crippen molar-refractivity contribution in [2.75, 3.05) is 6.54 Å². The van der Waals surface area contributed by atoms with Crippen LogP contribution in [0.1, 0.15) is 28.3 Å². The summed E-state index contributed by atoms with van der Waals surface area (Å²) in [6.07, 6.45) is 0.230. The van der Waals surface area contributed by atoms with Crippen LogP contribution in [0.5, 0.6) is 0 Å². The zero-order valence-corrected chi connectivity index (χ0v) is 10.00. The van der Waals surface area contributed by atoms with Gasteiger partial charge in [0.25, 0.3) is 0 Å². The van der Waals surface area contributed by atoms with Crippen LogP contribution in [0.15, 0.2) is 24.3 Å². The van der Waals surface area contributed by atoms with E-state index < -0.39 is 23.8 Å². The van der Waals surface area contributed by atoms with Crippen molar-refractivity contribution in [1.82, 2.24) is 5.32 Å². The third kappa shape index (κ3) is 2.73. The minimum Gasteiger partial charge on any atom is -0.481 e. The lowest BCUT2D eigenvalue weighted by Gasteiger charge is -2.27. The molecule has 100 valence electrons. The van der Waals surface area contributed by atoms with Crippen LogP contribution in [0.25, 0.3) is 0 Å². The number of hydrogen-bond donors (Lipinski definition) is 3. The number of carbonyl (C=O) groups excluding carboxylic acids is 1. The average molecular weight is 263 g/mol. The van der Waals surface area contributed by atoms with Crippen molar-refractivity contribution in [3.8, 4) is 0 Å². The van der Waals surface area contributed by atoms with Gasteiger partial charge in [0.1, 0.15) is 5.92 Å². The molecule has 0 saturated carbocycles. The van der Waals surface area contributed by atoms with E-state index in [0.717, 1.165) is 5.56 Å². The molecule has 1 fully saturated rings. The number of aliphatic carboxylic acids is 1. The molecule has 0 spiro atoms. The molecule has 2 unspecified atom stereocenters. The van der Waals surface area contributed by atoms with Crippen molar-refractivity contribution in [3.63, 3.8) is 0 Å². The molecule has 6 heteroatoms. The molecular weight excluding hydrogens is 250 g/mol. The molecule has 6 nitrogen and oxygen atoms in total. The first kappa shape index (κ1) is 13.1. The number of aromatic carboxylic acids is 1. The molecule has 1 aromatic carbocycles. The lowest BCUT2D eigenvalue weighted by atomic mass is 9.85. The van der Waals surface area contributed by atoms with E-state index in [9.17, 15) is 14.4 Å². The second-order valence-corrected chi connectivity index (χ2v) is 4.50. The molecule has 2 rings (SSSR count). The van der Waals surface area contributed by atoms with Crippen LogP contribution in [0.2, 0.25) is 0 Å². The smallest absolute Gasteiger partial charge is 0.335 e. The summed E-state index contributed by atoms with van der Waals surface area (Å²) < 4.78 is 0. The summed E-state index contributed by atoms with van der Waals surface area (Å²) in [5.74, 6) is -3.76. The van der Waals surface area contributed by atoms with E-state index in [4.69, 9.17) is 10.2 Å². The van der Waals surface area contributed by atoms with Gasteiger partial charge in [-0.1, -0.05) is 12.1 Å². The first-order chi connectivity index (χ1) is 8.99. The summed E-state index contributed by atoms with van der Waals surface area (Å²) in [7, 11) is 0. The maximum absolute atomic E-state index is 11.4. The summed E-state index contributed by atoms with van der Waals surface area (Å²) in [4.78, 5) is 33.1. The first-order valence-corrected chi connectivity index (χ1v) is 5.83. The van der Waals surface area contributed by atoms with Crippen LogP contribution in [-0.2, 0) is 9.59 Å². The fourth-order valence-electron chi connectivity index (χ4n) is 2.19. The van der Waals surface area contributed by atoms with Gasteiger partial charge in [0.2, 0.25) is 5.91 Å². The Kier molecular flexibility index (Phi) is 3.50. The standard InChI is InChI=1S/C13H13NO5/c15-11-10(13(18)19)5-9(6-14-11)7-1-3-8(4-2-7)12(16)17/h1-4,9-10H,5-6H2,(H,14,15)(H,16,17)(H,18,19). The minimum atomic E-state index is -1.13. The summed E-state index contributed by atoms with van der Waals surface area (Å²) in [6, 6.07) is 6.27. The number of amides is 1. The third-order valence-electron chi connectivity index (χ3n) is 3.29. The van der Waals surface area contributed by atoms with Gasteiger partial charge in [-0.05, 0) is 24.1 Å². The highest BCUT2D eigenvalue weighted by molar-refractivity contribution is 5.97. The minimum absolute atomic E-state index is 0.110. The molecule has 0 aliphatic carbocycles. The number of benzene rings is 1. The molecule has 1 heterocycles. The van der Waals surface area contributed by atoms with Gasteiger partial charge in [-0.25, -0.2) is 4.79 Å². The number of carbonyl (C=O) groups is 3. The van der Waals surface area contributed by atoms with Gasteiger partial charge in [0.15, 0.2) is 0 Å². The maximum atomic E-state index is 11.4. The predicted octanol–water partition coefficient (Wildman–Crippen LogP) is 0.689. The quantitative estimate of drug-likeness (QED) is 0.696. The molecule has 1 aromatic rings. The summed E-state index contributed by atoms with van der Waals surface area (Å²) in [6.45, 7) is 0.370. The van der Waals surface area contributed by atoms with Gasteiger partial charge in [-0.2, -0.15) is 0 Å². The second kappa shape index (κ2) is 5.09. The van der Waals surface area contributed by atoms with Crippen LogP contribution in [0, 0.1) is 5.92 Å². The molecular formula is C13H13NO5. The lowest BCUT2D eigenvalue weighted by Crippen LogP contribution is -2.43. The SMILES string of the molecule is O=C(O)c1ccc(C2CNC(=O)C(C(=O)O)C2)cc1. The topological polar surface area (TPSA) is 104 Å². The van der Waals surface area contributed by atoms with Crippen molar-refractivity contribution in [2.45, 2.75) is 12.3 Å². The Morgan fingerprint density at radius 1 is 1.16 bits per heavy atom. The fraction of sp³-hybridized carbons (Fsp3) is 0.308. The number of piperidine rings is 1. The zero-order valence-electron chi connectivity index (χ0n) is 10.00. The van der Waals surface area contributed by atoms with E-state index in [1.54, 1.807) is 12.1 Å². The largest absolute Gasteiger partial charge is 0.481 e. The predicted molar refractivity (Wildman–Crippen MR) is 64.9 cm³/mol. The highest BCUT2D eigenvalue weighted by Gasteiger charge is 2.34. The van der Waals surface area contributed by atoms with Crippen LogP contribution >= 0.6 is 0 Å². The molecule has 3 N–H and O–H groups in total. The molecule has 0 radical (unpaired) electrons. The number of nitrogens with one attached hydrogen (secondary N) is 1. The molecule has 2 atom stereocenters. The van der Waals surface area contributed by atoms with Crippen LogP contribution in [0.3, 0.4) is 0 Å². The van der Waals surface area contributed by atoms with Crippen molar-refractivity contribution < 1.29 is 24.6 Å². The Bertz CT molecular complexity index is 522. The Morgan fingerprint density at radius 3 is 2.32 bits per heavy atom. The number of hydrogen-bond acceptors (Lipinski definition) is 3. The Morgan fingerprint density at radius 2 is 1.79 bits per heavy atom. The fourth-order valence-corrected chi connectivity index (χ4v) is 2.19. The summed E-state index contributed by atoms with van der Waals surface area (Å²) in [5, 5.41) is 20.3. The highest BCUT2D eigenvalue weighted by atomic mass is 16.4. The third-order valence-corrected chi connectivity index (χ3v) is 3.29. The number of carboxylic acids is 2. The summed E-state index contributed by atoms with van der Waals surface area (Å²) in [5.41, 5.74) is 1.01. The van der Waals surface area contributed by atoms with Crippen LogP contribution in [0.4, 0.5) is 0 Å². The molecule has 19 heavy (non-hydrogen) atoms. The number of carboxylic acid groups (broad SMARTS) is 2. The summed E-state index contributed by atoms with van der Waals surface area (Å²) >= 11 is 0. The zero-order chi connectivity index (χ0) is 14.0. The van der Waals surface area contributed by atoms with E-state index in [0.29, 0.717) is 6.54 Å². The van der Waals surface area contributed by atoms with Gasteiger partial charge in [0.05, 0.1) is 5.56 Å². The van der Waals surface area contributed by atoms with Crippen LogP contribution < -0.4 is 5.32 Å². The molecule has 1 aliphatic heterocycles. The normalized spacial score (nSPS) is 22.6. The van der Waals surface area contributed by atoms with Crippen molar-refractivity contribution >= 4 is 17.8 Å². The maximum Gasteiger partial charge on any atom is 0.335 e. The van der Waals surface area contributed by atoms with Gasteiger partial charge in [0, 0.05) is 12.5 Å². The van der Waals surface area contributed by atoms with E-state index in [1.165, 1.54) is 12.1 Å². The average Bonchev–Trinajstić information content (AvgIpc) is 2.39. The van der Waals surface area contributed by atoms with E-state index >= 15 is 0 Å². The molecule has 0 bridgehead atoms. The molecule has 1 saturated heterocycles.